The Labute approximate surface area is 184 Å². The van der Waals surface area contributed by atoms with Crippen LogP contribution in [0.1, 0.15) is 17.1 Å². The number of rotatable bonds is 6. The predicted molar refractivity (Wildman–Crippen MR) is 121 cm³/mol. The van der Waals surface area contributed by atoms with Crippen LogP contribution in [0.5, 0.6) is 0 Å². The minimum atomic E-state index is -3.86. The Morgan fingerprint density at radius 2 is 1.77 bits per heavy atom. The van der Waals surface area contributed by atoms with Crippen molar-refractivity contribution in [1.82, 2.24) is 15.3 Å². The van der Waals surface area contributed by atoms with Gasteiger partial charge in [0.2, 0.25) is 11.9 Å². The van der Waals surface area contributed by atoms with Crippen molar-refractivity contribution in [1.29, 1.82) is 0 Å². The maximum Gasteiger partial charge on any atom is 0.264 e. The number of thiocarbonyl (C=S) groups is 1. The van der Waals surface area contributed by atoms with Crippen molar-refractivity contribution >= 4 is 51.0 Å². The van der Waals surface area contributed by atoms with Crippen LogP contribution in [-0.2, 0) is 14.8 Å². The number of carbonyl (C=O) groups is 1. The molecule has 31 heavy (non-hydrogen) atoms. The zero-order valence-corrected chi connectivity index (χ0v) is 18.3. The number of amides is 1. The van der Waals surface area contributed by atoms with E-state index in [0.717, 1.165) is 0 Å². The fraction of sp³-hybridized carbons (Fsp3) is 0.100. The first kappa shape index (κ1) is 22.1. The predicted octanol–water partition coefficient (Wildman–Crippen LogP) is 3.01. The third-order valence-corrected chi connectivity index (χ3v) is 5.36. The van der Waals surface area contributed by atoms with Crippen LogP contribution in [-0.4, -0.2) is 29.4 Å². The van der Waals surface area contributed by atoms with E-state index < -0.39 is 15.9 Å². The van der Waals surface area contributed by atoms with Crippen molar-refractivity contribution in [2.24, 2.45) is 0 Å². The second-order valence-electron chi connectivity index (χ2n) is 6.40. The summed E-state index contributed by atoms with van der Waals surface area (Å²) in [5, 5.41) is 5.36. The van der Waals surface area contributed by atoms with Gasteiger partial charge in [0.05, 0.1) is 11.2 Å². The number of carbonyl (C=O) groups excluding carboxylic acids is 1. The lowest BCUT2D eigenvalue weighted by molar-refractivity contribution is -0.115. The van der Waals surface area contributed by atoms with Gasteiger partial charge in [-0.3, -0.25) is 10.1 Å². The average molecular weight is 458 g/mol. The summed E-state index contributed by atoms with van der Waals surface area (Å²) >= 11 is 5.10. The number of sulfonamides is 1. The van der Waals surface area contributed by atoms with E-state index >= 15 is 0 Å². The van der Waals surface area contributed by atoms with E-state index in [1.807, 2.05) is 0 Å². The molecule has 1 aromatic carbocycles. The van der Waals surface area contributed by atoms with Crippen molar-refractivity contribution in [3.05, 3.63) is 72.0 Å². The third kappa shape index (κ3) is 6.46. The molecule has 0 radical (unpaired) electrons. The van der Waals surface area contributed by atoms with E-state index in [1.54, 1.807) is 32.0 Å². The first-order valence-electron chi connectivity index (χ1n) is 9.00. The average Bonchev–Trinajstić information content (AvgIpc) is 3.19. The van der Waals surface area contributed by atoms with Crippen LogP contribution in [0.3, 0.4) is 0 Å². The van der Waals surface area contributed by atoms with E-state index in [0.29, 0.717) is 22.8 Å². The fourth-order valence-electron chi connectivity index (χ4n) is 2.53. The first-order chi connectivity index (χ1) is 14.7. The second kappa shape index (κ2) is 9.49. The molecule has 11 heteroatoms. The zero-order chi connectivity index (χ0) is 22.4. The smallest absolute Gasteiger partial charge is 0.264 e. The van der Waals surface area contributed by atoms with Gasteiger partial charge in [0, 0.05) is 23.2 Å². The van der Waals surface area contributed by atoms with Gasteiger partial charge in [0.1, 0.15) is 5.76 Å². The van der Waals surface area contributed by atoms with Crippen LogP contribution in [0, 0.1) is 13.8 Å². The molecule has 0 aliphatic heterocycles. The van der Waals surface area contributed by atoms with Gasteiger partial charge in [-0.05, 0) is 74.6 Å². The molecule has 3 rings (SSSR count). The van der Waals surface area contributed by atoms with E-state index in [1.165, 1.54) is 42.7 Å². The highest BCUT2D eigenvalue weighted by Crippen LogP contribution is 2.17. The minimum Gasteiger partial charge on any atom is -0.465 e. The first-order valence-corrected chi connectivity index (χ1v) is 10.9. The van der Waals surface area contributed by atoms with E-state index in [4.69, 9.17) is 16.6 Å². The summed E-state index contributed by atoms with van der Waals surface area (Å²) in [7, 11) is -3.86. The summed E-state index contributed by atoms with van der Waals surface area (Å²) in [6.07, 6.45) is 4.28. The largest absolute Gasteiger partial charge is 0.465 e. The molecule has 0 unspecified atom stereocenters. The molecule has 2 aromatic heterocycles. The SMILES string of the molecule is Cc1cc(C)nc(NS(=O)(=O)c2ccc(NC(=S)NC(=O)/C=C/c3ccco3)cc2)n1. The van der Waals surface area contributed by atoms with Gasteiger partial charge in [0.15, 0.2) is 5.11 Å². The molecule has 0 aliphatic carbocycles. The van der Waals surface area contributed by atoms with E-state index in [-0.39, 0.29) is 16.0 Å². The Bertz CT molecular complexity index is 1200. The Morgan fingerprint density at radius 1 is 1.10 bits per heavy atom. The van der Waals surface area contributed by atoms with E-state index in [2.05, 4.69) is 25.3 Å². The number of benzene rings is 1. The van der Waals surface area contributed by atoms with Gasteiger partial charge in [-0.25, -0.2) is 23.1 Å². The Morgan fingerprint density at radius 3 is 2.39 bits per heavy atom. The molecule has 0 fully saturated rings. The van der Waals surface area contributed by atoms with Crippen LogP contribution in [0.25, 0.3) is 6.08 Å². The Hall–Kier alpha value is -3.57. The van der Waals surface area contributed by atoms with Crippen molar-refractivity contribution in [2.45, 2.75) is 18.7 Å². The Kier molecular flexibility index (Phi) is 6.78. The van der Waals surface area contributed by atoms with Crippen molar-refractivity contribution < 1.29 is 17.6 Å². The summed E-state index contributed by atoms with van der Waals surface area (Å²) in [6.45, 7) is 3.50. The molecule has 0 saturated heterocycles. The molecular weight excluding hydrogens is 438 g/mol. The van der Waals surface area contributed by atoms with Gasteiger partial charge in [0.25, 0.3) is 10.0 Å². The molecule has 160 valence electrons. The van der Waals surface area contributed by atoms with Crippen molar-refractivity contribution in [3.63, 3.8) is 0 Å². The number of aryl methyl sites for hydroxylation is 2. The lowest BCUT2D eigenvalue weighted by Gasteiger charge is -2.10. The van der Waals surface area contributed by atoms with Gasteiger partial charge in [-0.15, -0.1) is 0 Å². The molecule has 0 saturated carbocycles. The molecule has 0 atom stereocenters. The summed E-state index contributed by atoms with van der Waals surface area (Å²) < 4.78 is 32.6. The third-order valence-electron chi connectivity index (χ3n) is 3.81. The molecule has 9 nitrogen and oxygen atoms in total. The van der Waals surface area contributed by atoms with Crippen LogP contribution in [0.2, 0.25) is 0 Å². The normalized spacial score (nSPS) is 11.3. The topological polar surface area (TPSA) is 126 Å². The molecule has 1 amide bonds. The highest BCUT2D eigenvalue weighted by Gasteiger charge is 2.16. The Balaban J connectivity index is 1.60. The lowest BCUT2D eigenvalue weighted by atomic mass is 10.3. The molecule has 3 N–H and O–H groups in total. The number of hydrogen-bond donors (Lipinski definition) is 3. The number of nitrogens with one attached hydrogen (secondary N) is 3. The number of hydrogen-bond acceptors (Lipinski definition) is 7. The second-order valence-corrected chi connectivity index (χ2v) is 8.49. The molecule has 0 bridgehead atoms. The molecule has 0 spiro atoms. The molecule has 0 aliphatic rings. The summed E-state index contributed by atoms with van der Waals surface area (Å²) in [5.74, 6) is 0.0996. The summed E-state index contributed by atoms with van der Waals surface area (Å²) in [6, 6.07) is 11.0. The lowest BCUT2D eigenvalue weighted by Crippen LogP contribution is -2.32. The quantitative estimate of drug-likeness (QED) is 0.381. The van der Waals surface area contributed by atoms with Gasteiger partial charge in [-0.2, -0.15) is 0 Å². The fourth-order valence-corrected chi connectivity index (χ4v) is 3.69. The van der Waals surface area contributed by atoms with Crippen LogP contribution >= 0.6 is 12.2 Å². The summed E-state index contributed by atoms with van der Waals surface area (Å²) in [5.41, 5.74) is 1.81. The molecule has 3 aromatic rings. The monoisotopic (exact) mass is 457 g/mol. The van der Waals surface area contributed by atoms with Gasteiger partial charge >= 0.3 is 0 Å². The number of anilines is 2. The minimum absolute atomic E-state index is 0.00574. The maximum absolute atomic E-state index is 12.6. The van der Waals surface area contributed by atoms with E-state index in [9.17, 15) is 13.2 Å². The van der Waals surface area contributed by atoms with Gasteiger partial charge < -0.3 is 9.73 Å². The number of aromatic nitrogens is 2. The highest BCUT2D eigenvalue weighted by atomic mass is 32.2. The molecular formula is C20H19N5O4S2. The van der Waals surface area contributed by atoms with Crippen LogP contribution < -0.4 is 15.4 Å². The highest BCUT2D eigenvalue weighted by molar-refractivity contribution is 7.92. The number of nitrogens with zero attached hydrogens (tertiary/aromatic N) is 2. The van der Waals surface area contributed by atoms with Crippen molar-refractivity contribution in [2.75, 3.05) is 10.0 Å². The molecule has 2 heterocycles. The summed E-state index contributed by atoms with van der Waals surface area (Å²) in [4.78, 5) is 20.1. The van der Waals surface area contributed by atoms with Crippen molar-refractivity contribution in [3.8, 4) is 0 Å². The standard InChI is InChI=1S/C20H19N5O4S2/c1-13-12-14(2)22-19(21-13)25-31(27,28)17-8-5-15(6-9-17)23-20(30)24-18(26)10-7-16-4-3-11-29-16/h3-12H,1-2H3,(H,21,22,25)(H2,23,24,26,30)/b10-7+. The number of furan rings is 1. The van der Waals surface area contributed by atoms with Crippen LogP contribution in [0.15, 0.2) is 64.1 Å². The van der Waals surface area contributed by atoms with Crippen LogP contribution in [0.4, 0.5) is 11.6 Å². The maximum atomic E-state index is 12.6. The van der Waals surface area contributed by atoms with Gasteiger partial charge in [-0.1, -0.05) is 0 Å². The zero-order valence-electron chi connectivity index (χ0n) is 16.6.